The van der Waals surface area contributed by atoms with Gasteiger partial charge >= 0.3 is 5.97 Å². The highest BCUT2D eigenvalue weighted by Crippen LogP contribution is 2.29. The molecule has 0 bridgehead atoms. The second kappa shape index (κ2) is 7.73. The number of carbonyl (C=O) groups is 1. The van der Waals surface area contributed by atoms with Gasteiger partial charge in [0.15, 0.2) is 18.1 Å². The zero-order valence-electron chi connectivity index (χ0n) is 12.0. The average Bonchev–Trinajstić information content (AvgIpc) is 2.56. The first-order chi connectivity index (χ1) is 11.0. The minimum absolute atomic E-state index is 0.192. The third kappa shape index (κ3) is 4.52. The molecule has 0 spiro atoms. The molecule has 2 rings (SSSR count). The van der Waals surface area contributed by atoms with E-state index in [1.165, 1.54) is 31.4 Å². The number of methoxy groups -OCH3 is 1. The van der Waals surface area contributed by atoms with Crippen LogP contribution in [0, 0.1) is 11.3 Å². The Morgan fingerprint density at radius 3 is 2.61 bits per heavy atom. The summed E-state index contributed by atoms with van der Waals surface area (Å²) < 4.78 is 15.5. The summed E-state index contributed by atoms with van der Waals surface area (Å²) in [7, 11) is 1.41. The molecule has 0 fully saturated rings. The first kappa shape index (κ1) is 16.9. The van der Waals surface area contributed by atoms with Crippen LogP contribution in [0.4, 0.5) is 0 Å². The second-order valence-corrected chi connectivity index (χ2v) is 5.16. The third-order valence-corrected chi connectivity index (χ3v) is 3.30. The van der Waals surface area contributed by atoms with E-state index < -0.39 is 5.97 Å². The highest BCUT2D eigenvalue weighted by atomic mass is 35.5. The minimum Gasteiger partial charge on any atom is -0.493 e. The van der Waals surface area contributed by atoms with Crippen molar-refractivity contribution in [3.05, 3.63) is 52.0 Å². The highest BCUT2D eigenvalue weighted by molar-refractivity contribution is 6.34. The molecule has 2 aromatic carbocycles. The third-order valence-electron chi connectivity index (χ3n) is 2.76. The van der Waals surface area contributed by atoms with Crippen LogP contribution < -0.4 is 14.2 Å². The van der Waals surface area contributed by atoms with Crippen molar-refractivity contribution in [2.24, 2.45) is 0 Å². The fourth-order valence-electron chi connectivity index (χ4n) is 1.70. The van der Waals surface area contributed by atoms with Gasteiger partial charge in [0, 0.05) is 17.2 Å². The van der Waals surface area contributed by atoms with Crippen molar-refractivity contribution in [3.8, 4) is 23.3 Å². The molecule has 0 heterocycles. The number of rotatable bonds is 5. The number of halogens is 2. The van der Waals surface area contributed by atoms with E-state index in [2.05, 4.69) is 0 Å². The zero-order valence-corrected chi connectivity index (χ0v) is 13.5. The number of nitrogens with zero attached hydrogens (tertiary/aromatic N) is 1. The molecule has 7 heteroatoms. The van der Waals surface area contributed by atoms with Gasteiger partial charge in [0.25, 0.3) is 0 Å². The maximum atomic E-state index is 11.9. The Bertz CT molecular complexity index is 771. The van der Waals surface area contributed by atoms with Gasteiger partial charge in [-0.15, -0.1) is 0 Å². The van der Waals surface area contributed by atoms with E-state index in [0.717, 1.165) is 0 Å². The van der Waals surface area contributed by atoms with Gasteiger partial charge in [0.05, 0.1) is 23.8 Å². The van der Waals surface area contributed by atoms with E-state index in [1.807, 2.05) is 6.07 Å². The molecule has 2 aromatic rings. The summed E-state index contributed by atoms with van der Waals surface area (Å²) in [6.45, 7) is -0.358. The van der Waals surface area contributed by atoms with Crippen molar-refractivity contribution in [1.82, 2.24) is 0 Å². The fourth-order valence-corrected chi connectivity index (χ4v) is 2.03. The Morgan fingerprint density at radius 1 is 1.13 bits per heavy atom. The molecule has 0 aliphatic heterocycles. The molecule has 0 atom stereocenters. The van der Waals surface area contributed by atoms with Crippen LogP contribution in [0.5, 0.6) is 17.2 Å². The summed E-state index contributed by atoms with van der Waals surface area (Å²) in [4.78, 5) is 11.9. The normalized spacial score (nSPS) is 9.83. The maximum Gasteiger partial charge on any atom is 0.349 e. The van der Waals surface area contributed by atoms with Gasteiger partial charge in [-0.3, -0.25) is 0 Å². The van der Waals surface area contributed by atoms with Gasteiger partial charge in [0.2, 0.25) is 0 Å². The SMILES string of the molecule is COc1cc(C#N)ccc1OC(=O)COc1cc(Cl)ccc1Cl. The molecule has 0 N–H and O–H groups in total. The summed E-state index contributed by atoms with van der Waals surface area (Å²) in [5, 5.41) is 9.60. The second-order valence-electron chi connectivity index (χ2n) is 4.31. The Morgan fingerprint density at radius 2 is 1.91 bits per heavy atom. The molecule has 0 aromatic heterocycles. The molecular weight excluding hydrogens is 341 g/mol. The molecule has 0 radical (unpaired) electrons. The van der Waals surface area contributed by atoms with Crippen LogP contribution >= 0.6 is 23.2 Å². The summed E-state index contributed by atoms with van der Waals surface area (Å²) >= 11 is 11.8. The summed E-state index contributed by atoms with van der Waals surface area (Å²) in [5.41, 5.74) is 0.392. The fraction of sp³-hybridized carbons (Fsp3) is 0.125. The van der Waals surface area contributed by atoms with Crippen LogP contribution in [0.3, 0.4) is 0 Å². The first-order valence-corrected chi connectivity index (χ1v) is 7.15. The topological polar surface area (TPSA) is 68.5 Å². The lowest BCUT2D eigenvalue weighted by Crippen LogP contribution is -2.18. The number of carbonyl (C=O) groups excluding carboxylic acids is 1. The van der Waals surface area contributed by atoms with Crippen molar-refractivity contribution in [2.45, 2.75) is 0 Å². The number of esters is 1. The largest absolute Gasteiger partial charge is 0.493 e. The molecule has 5 nitrogen and oxygen atoms in total. The average molecular weight is 352 g/mol. The van der Waals surface area contributed by atoms with Gasteiger partial charge in [-0.2, -0.15) is 5.26 Å². The maximum absolute atomic E-state index is 11.9. The lowest BCUT2D eigenvalue weighted by molar-refractivity contribution is -0.136. The molecule has 0 unspecified atom stereocenters. The molecule has 118 valence electrons. The zero-order chi connectivity index (χ0) is 16.8. The Hall–Kier alpha value is -2.42. The quantitative estimate of drug-likeness (QED) is 0.604. The van der Waals surface area contributed by atoms with Crippen molar-refractivity contribution in [3.63, 3.8) is 0 Å². The Kier molecular flexibility index (Phi) is 5.69. The van der Waals surface area contributed by atoms with Crippen molar-refractivity contribution >= 4 is 29.2 Å². The minimum atomic E-state index is -0.649. The van der Waals surface area contributed by atoms with Gasteiger partial charge in [-0.25, -0.2) is 4.79 Å². The van der Waals surface area contributed by atoms with Crippen molar-refractivity contribution in [2.75, 3.05) is 13.7 Å². The van der Waals surface area contributed by atoms with E-state index >= 15 is 0 Å². The Labute approximate surface area is 142 Å². The number of hydrogen-bond acceptors (Lipinski definition) is 5. The molecule has 0 aliphatic carbocycles. The van der Waals surface area contributed by atoms with Crippen LogP contribution in [0.1, 0.15) is 5.56 Å². The smallest absolute Gasteiger partial charge is 0.349 e. The van der Waals surface area contributed by atoms with E-state index in [4.69, 9.17) is 42.7 Å². The Balaban J connectivity index is 2.03. The molecule has 23 heavy (non-hydrogen) atoms. The van der Waals surface area contributed by atoms with Crippen molar-refractivity contribution in [1.29, 1.82) is 5.26 Å². The van der Waals surface area contributed by atoms with Crippen LogP contribution in [0.25, 0.3) is 0 Å². The molecule has 0 amide bonds. The number of ether oxygens (including phenoxy) is 3. The van der Waals surface area contributed by atoms with Crippen LogP contribution in [-0.4, -0.2) is 19.7 Å². The molecule has 0 aliphatic rings. The van der Waals surface area contributed by atoms with E-state index in [0.29, 0.717) is 15.6 Å². The van der Waals surface area contributed by atoms with Gasteiger partial charge in [-0.05, 0) is 24.3 Å². The van der Waals surface area contributed by atoms with Crippen LogP contribution in [0.15, 0.2) is 36.4 Å². The van der Waals surface area contributed by atoms with Gasteiger partial charge < -0.3 is 14.2 Å². The van der Waals surface area contributed by atoms with E-state index in [1.54, 1.807) is 12.1 Å². The van der Waals surface area contributed by atoms with Crippen molar-refractivity contribution < 1.29 is 19.0 Å². The van der Waals surface area contributed by atoms with E-state index in [-0.39, 0.29) is 23.9 Å². The van der Waals surface area contributed by atoms with Crippen LogP contribution in [-0.2, 0) is 4.79 Å². The monoisotopic (exact) mass is 351 g/mol. The first-order valence-electron chi connectivity index (χ1n) is 6.40. The summed E-state index contributed by atoms with van der Waals surface area (Å²) in [6, 6.07) is 11.1. The van der Waals surface area contributed by atoms with Gasteiger partial charge in [0.1, 0.15) is 5.75 Å². The summed E-state index contributed by atoms with van der Waals surface area (Å²) in [5.74, 6) is 0.0995. The predicted octanol–water partition coefficient (Wildman–Crippen LogP) is 3.86. The highest BCUT2D eigenvalue weighted by Gasteiger charge is 2.13. The van der Waals surface area contributed by atoms with Gasteiger partial charge in [-0.1, -0.05) is 23.2 Å². The predicted molar refractivity (Wildman–Crippen MR) is 85.3 cm³/mol. The summed E-state index contributed by atoms with van der Waals surface area (Å²) in [6.07, 6.45) is 0. The lowest BCUT2D eigenvalue weighted by atomic mass is 10.2. The lowest BCUT2D eigenvalue weighted by Gasteiger charge is -2.11. The van der Waals surface area contributed by atoms with Crippen LogP contribution in [0.2, 0.25) is 10.0 Å². The number of benzene rings is 2. The standard InChI is InChI=1S/C16H11Cl2NO4/c1-21-15-6-10(8-19)2-5-13(15)23-16(20)9-22-14-7-11(17)3-4-12(14)18/h2-7H,9H2,1H3. The molecule has 0 saturated carbocycles. The number of hydrogen-bond donors (Lipinski definition) is 0. The number of nitriles is 1. The molecular formula is C16H11Cl2NO4. The van der Waals surface area contributed by atoms with E-state index in [9.17, 15) is 4.79 Å². The molecule has 0 saturated heterocycles.